The molecule has 0 fully saturated rings. The molecule has 0 aliphatic heterocycles. The van der Waals surface area contributed by atoms with Crippen LogP contribution in [0.2, 0.25) is 0 Å². The summed E-state index contributed by atoms with van der Waals surface area (Å²) in [6, 6.07) is 5.15. The van der Waals surface area contributed by atoms with Crippen LogP contribution in [0.4, 0.5) is 8.78 Å². The SMILES string of the molecule is CSc1c(C)nc2cc(-c3ccc(F)c(F)c3)nn2c1O. The first kappa shape index (κ1) is 13.8. The fourth-order valence-electron chi connectivity index (χ4n) is 2.12. The Labute approximate surface area is 123 Å². The highest BCUT2D eigenvalue weighted by molar-refractivity contribution is 7.98. The molecule has 21 heavy (non-hydrogen) atoms. The third-order valence-corrected chi connectivity index (χ3v) is 4.01. The first-order chi connectivity index (χ1) is 10.0. The molecule has 0 amide bonds. The van der Waals surface area contributed by atoms with Crippen LogP contribution >= 0.6 is 11.8 Å². The van der Waals surface area contributed by atoms with Crippen molar-refractivity contribution in [1.82, 2.24) is 14.6 Å². The molecular weight excluding hydrogens is 296 g/mol. The predicted molar refractivity (Wildman–Crippen MR) is 76.5 cm³/mol. The topological polar surface area (TPSA) is 50.4 Å². The number of fused-ring (bicyclic) bond motifs is 1. The molecule has 0 aliphatic carbocycles. The Hall–Kier alpha value is -2.15. The second-order valence-electron chi connectivity index (χ2n) is 4.48. The summed E-state index contributed by atoms with van der Waals surface area (Å²) in [6.07, 6.45) is 1.83. The van der Waals surface area contributed by atoms with Crippen molar-refractivity contribution in [1.29, 1.82) is 0 Å². The molecule has 3 rings (SSSR count). The van der Waals surface area contributed by atoms with Crippen LogP contribution in [0.1, 0.15) is 5.69 Å². The second-order valence-corrected chi connectivity index (χ2v) is 5.30. The highest BCUT2D eigenvalue weighted by Gasteiger charge is 2.15. The summed E-state index contributed by atoms with van der Waals surface area (Å²) in [5, 5.41) is 14.4. The molecule has 0 saturated carbocycles. The van der Waals surface area contributed by atoms with Crippen LogP contribution in [0.3, 0.4) is 0 Å². The highest BCUT2D eigenvalue weighted by atomic mass is 32.2. The van der Waals surface area contributed by atoms with Gasteiger partial charge in [0.2, 0.25) is 5.88 Å². The van der Waals surface area contributed by atoms with Gasteiger partial charge < -0.3 is 5.11 Å². The zero-order valence-electron chi connectivity index (χ0n) is 11.3. The summed E-state index contributed by atoms with van der Waals surface area (Å²) in [4.78, 5) is 4.97. The quantitative estimate of drug-likeness (QED) is 0.737. The van der Waals surface area contributed by atoms with Gasteiger partial charge in [0.25, 0.3) is 0 Å². The lowest BCUT2D eigenvalue weighted by atomic mass is 10.1. The van der Waals surface area contributed by atoms with Crippen molar-refractivity contribution in [3.63, 3.8) is 0 Å². The Bertz CT molecular complexity index is 848. The molecule has 0 saturated heterocycles. The van der Waals surface area contributed by atoms with E-state index in [0.717, 1.165) is 12.1 Å². The van der Waals surface area contributed by atoms with Crippen LogP contribution < -0.4 is 0 Å². The number of nitrogens with zero attached hydrogens (tertiary/aromatic N) is 3. The van der Waals surface area contributed by atoms with E-state index in [4.69, 9.17) is 0 Å². The lowest BCUT2D eigenvalue weighted by Gasteiger charge is -2.05. The van der Waals surface area contributed by atoms with Gasteiger partial charge in [-0.25, -0.2) is 13.8 Å². The van der Waals surface area contributed by atoms with E-state index < -0.39 is 11.6 Å². The number of aromatic nitrogens is 3. The van der Waals surface area contributed by atoms with Crippen molar-refractivity contribution >= 4 is 17.4 Å². The molecule has 108 valence electrons. The van der Waals surface area contributed by atoms with Gasteiger partial charge in [-0.2, -0.15) is 9.61 Å². The average Bonchev–Trinajstić information content (AvgIpc) is 2.86. The molecule has 2 aromatic heterocycles. The molecule has 0 radical (unpaired) electrons. The minimum Gasteiger partial charge on any atom is -0.492 e. The van der Waals surface area contributed by atoms with E-state index >= 15 is 0 Å². The fourth-order valence-corrected chi connectivity index (χ4v) is 2.73. The van der Waals surface area contributed by atoms with Gasteiger partial charge in [-0.1, -0.05) is 0 Å². The third-order valence-electron chi connectivity index (χ3n) is 3.12. The molecule has 0 aliphatic rings. The summed E-state index contributed by atoms with van der Waals surface area (Å²) in [6.45, 7) is 1.79. The van der Waals surface area contributed by atoms with Crippen molar-refractivity contribution in [2.75, 3.05) is 6.26 Å². The van der Waals surface area contributed by atoms with Crippen molar-refractivity contribution in [2.45, 2.75) is 11.8 Å². The molecule has 0 unspecified atom stereocenters. The second kappa shape index (κ2) is 5.00. The van der Waals surface area contributed by atoms with E-state index in [9.17, 15) is 13.9 Å². The summed E-state index contributed by atoms with van der Waals surface area (Å²) in [5.74, 6) is -1.87. The number of halogens is 2. The molecule has 3 aromatic rings. The number of hydrogen-bond donors (Lipinski definition) is 1. The Morgan fingerprint density at radius 2 is 1.95 bits per heavy atom. The lowest BCUT2D eigenvalue weighted by molar-refractivity contribution is 0.420. The summed E-state index contributed by atoms with van der Waals surface area (Å²) in [5.41, 5.74) is 1.96. The van der Waals surface area contributed by atoms with E-state index in [0.29, 0.717) is 27.5 Å². The number of benzene rings is 1. The minimum absolute atomic E-state index is 0.0150. The zero-order valence-corrected chi connectivity index (χ0v) is 12.1. The molecule has 1 aromatic carbocycles. The number of rotatable bonds is 2. The predicted octanol–water partition coefficient (Wildman–Crippen LogP) is 3.41. The van der Waals surface area contributed by atoms with E-state index in [1.54, 1.807) is 13.0 Å². The van der Waals surface area contributed by atoms with E-state index in [1.165, 1.54) is 22.3 Å². The molecule has 4 nitrogen and oxygen atoms in total. The van der Waals surface area contributed by atoms with Crippen LogP contribution in [0, 0.1) is 18.6 Å². The van der Waals surface area contributed by atoms with Crippen LogP contribution in [-0.4, -0.2) is 26.0 Å². The average molecular weight is 307 g/mol. The van der Waals surface area contributed by atoms with E-state index in [2.05, 4.69) is 10.1 Å². The minimum atomic E-state index is -0.942. The van der Waals surface area contributed by atoms with E-state index in [1.807, 2.05) is 6.26 Å². The molecule has 0 spiro atoms. The normalized spacial score (nSPS) is 11.2. The van der Waals surface area contributed by atoms with Crippen LogP contribution in [0.15, 0.2) is 29.2 Å². The van der Waals surface area contributed by atoms with Gasteiger partial charge in [-0.05, 0) is 31.4 Å². The highest BCUT2D eigenvalue weighted by Crippen LogP contribution is 2.31. The lowest BCUT2D eigenvalue weighted by Crippen LogP contribution is -1.96. The Balaban J connectivity index is 2.21. The molecule has 2 heterocycles. The van der Waals surface area contributed by atoms with Crippen LogP contribution in [0.25, 0.3) is 16.9 Å². The molecule has 0 atom stereocenters. The molecule has 1 N–H and O–H groups in total. The van der Waals surface area contributed by atoms with Crippen molar-refractivity contribution < 1.29 is 13.9 Å². The maximum atomic E-state index is 13.3. The summed E-state index contributed by atoms with van der Waals surface area (Å²) >= 11 is 1.36. The summed E-state index contributed by atoms with van der Waals surface area (Å²) < 4.78 is 27.6. The van der Waals surface area contributed by atoms with Crippen molar-refractivity contribution in [3.8, 4) is 17.1 Å². The van der Waals surface area contributed by atoms with Gasteiger partial charge in [0, 0.05) is 11.6 Å². The van der Waals surface area contributed by atoms with Gasteiger partial charge in [0.1, 0.15) is 0 Å². The number of thioether (sulfide) groups is 1. The van der Waals surface area contributed by atoms with Gasteiger partial charge in [0.05, 0.1) is 16.3 Å². The number of aryl methyl sites for hydroxylation is 1. The number of hydrogen-bond acceptors (Lipinski definition) is 4. The Morgan fingerprint density at radius 1 is 1.19 bits per heavy atom. The van der Waals surface area contributed by atoms with Crippen LogP contribution in [0.5, 0.6) is 5.88 Å². The fraction of sp³-hybridized carbons (Fsp3) is 0.143. The third kappa shape index (κ3) is 2.23. The summed E-state index contributed by atoms with van der Waals surface area (Å²) in [7, 11) is 0. The Kier molecular flexibility index (Phi) is 3.29. The van der Waals surface area contributed by atoms with Crippen molar-refractivity contribution in [2.24, 2.45) is 0 Å². The molecule has 7 heteroatoms. The van der Waals surface area contributed by atoms with Crippen LogP contribution in [-0.2, 0) is 0 Å². The standard InChI is InChI=1S/C14H11F2N3OS/c1-7-13(21-2)14(20)19-12(17-7)6-11(18-19)8-3-4-9(15)10(16)5-8/h3-6,20H,1-2H3. The first-order valence-corrected chi connectivity index (χ1v) is 7.32. The smallest absolute Gasteiger partial charge is 0.229 e. The Morgan fingerprint density at radius 3 is 2.62 bits per heavy atom. The van der Waals surface area contributed by atoms with E-state index in [-0.39, 0.29) is 5.88 Å². The molecular formula is C14H11F2N3OS. The van der Waals surface area contributed by atoms with Crippen molar-refractivity contribution in [3.05, 3.63) is 41.6 Å². The van der Waals surface area contributed by atoms with Gasteiger partial charge >= 0.3 is 0 Å². The largest absolute Gasteiger partial charge is 0.492 e. The first-order valence-electron chi connectivity index (χ1n) is 6.10. The maximum Gasteiger partial charge on any atom is 0.229 e. The van der Waals surface area contributed by atoms with Gasteiger partial charge in [0.15, 0.2) is 17.3 Å². The monoisotopic (exact) mass is 307 g/mol. The van der Waals surface area contributed by atoms with Gasteiger partial charge in [-0.15, -0.1) is 11.8 Å². The molecule has 0 bridgehead atoms. The van der Waals surface area contributed by atoms with Gasteiger partial charge in [-0.3, -0.25) is 0 Å². The zero-order chi connectivity index (χ0) is 15.1. The number of aromatic hydroxyl groups is 1. The maximum absolute atomic E-state index is 13.3.